The lowest BCUT2D eigenvalue weighted by molar-refractivity contribution is 0.668. The van der Waals surface area contributed by atoms with E-state index < -0.39 is 0 Å². The number of rotatable bonds is 2. The third kappa shape index (κ3) is 2.68. The largest absolute Gasteiger partial charge is 0.220 e. The standard InChI is InChI=1S/C16H16Cl2N2/c1-10-6-8-11(9-7-10)13-14(17)19-16(20-15(13)18)12-4-2-3-5-12/h6-9,12H,2-5H2,1H3. The Morgan fingerprint density at radius 3 is 2.05 bits per heavy atom. The molecule has 1 aromatic carbocycles. The van der Waals surface area contributed by atoms with Crippen LogP contribution in [-0.2, 0) is 0 Å². The quantitative estimate of drug-likeness (QED) is 0.693. The van der Waals surface area contributed by atoms with Gasteiger partial charge in [0.25, 0.3) is 0 Å². The minimum absolute atomic E-state index is 0.414. The maximum Gasteiger partial charge on any atom is 0.142 e. The number of nitrogens with zero attached hydrogens (tertiary/aromatic N) is 2. The lowest BCUT2D eigenvalue weighted by Crippen LogP contribution is -2.02. The maximum absolute atomic E-state index is 6.35. The van der Waals surface area contributed by atoms with Crippen LogP contribution in [0.15, 0.2) is 24.3 Å². The zero-order chi connectivity index (χ0) is 14.1. The monoisotopic (exact) mass is 306 g/mol. The summed E-state index contributed by atoms with van der Waals surface area (Å²) in [4.78, 5) is 8.97. The molecule has 0 radical (unpaired) electrons. The van der Waals surface area contributed by atoms with Gasteiger partial charge in [0.05, 0.1) is 5.56 Å². The van der Waals surface area contributed by atoms with Crippen LogP contribution in [0.1, 0.15) is 43.0 Å². The first-order valence-electron chi connectivity index (χ1n) is 6.95. The van der Waals surface area contributed by atoms with E-state index in [1.54, 1.807) is 0 Å². The second-order valence-corrected chi connectivity index (χ2v) is 6.10. The summed E-state index contributed by atoms with van der Waals surface area (Å²) in [7, 11) is 0. The number of benzene rings is 1. The lowest BCUT2D eigenvalue weighted by atomic mass is 10.1. The highest BCUT2D eigenvalue weighted by molar-refractivity contribution is 6.37. The Hall–Kier alpha value is -1.12. The second-order valence-electron chi connectivity index (χ2n) is 5.39. The molecular weight excluding hydrogens is 291 g/mol. The summed E-state index contributed by atoms with van der Waals surface area (Å²) in [5, 5.41) is 0.909. The molecule has 0 atom stereocenters. The van der Waals surface area contributed by atoms with Gasteiger partial charge in [-0.15, -0.1) is 0 Å². The van der Waals surface area contributed by atoms with Gasteiger partial charge in [0.15, 0.2) is 0 Å². The smallest absolute Gasteiger partial charge is 0.142 e. The molecular formula is C16H16Cl2N2. The summed E-state index contributed by atoms with van der Waals surface area (Å²) in [5.74, 6) is 1.21. The van der Waals surface area contributed by atoms with Crippen molar-refractivity contribution in [2.24, 2.45) is 0 Å². The minimum Gasteiger partial charge on any atom is -0.220 e. The Kier molecular flexibility index (Phi) is 3.95. The van der Waals surface area contributed by atoms with Crippen molar-refractivity contribution >= 4 is 23.2 Å². The van der Waals surface area contributed by atoms with Crippen LogP contribution in [0, 0.1) is 6.92 Å². The highest BCUT2D eigenvalue weighted by Crippen LogP contribution is 2.37. The third-order valence-electron chi connectivity index (χ3n) is 3.90. The van der Waals surface area contributed by atoms with Crippen molar-refractivity contribution in [2.45, 2.75) is 38.5 Å². The Morgan fingerprint density at radius 2 is 1.50 bits per heavy atom. The fraction of sp³-hybridized carbons (Fsp3) is 0.375. The first-order chi connectivity index (χ1) is 9.65. The van der Waals surface area contributed by atoms with Crippen molar-refractivity contribution in [1.29, 1.82) is 0 Å². The summed E-state index contributed by atoms with van der Waals surface area (Å²) in [6.45, 7) is 2.05. The zero-order valence-corrected chi connectivity index (χ0v) is 12.9. The average molecular weight is 307 g/mol. The summed E-state index contributed by atoms with van der Waals surface area (Å²) in [5.41, 5.74) is 2.89. The molecule has 1 saturated carbocycles. The van der Waals surface area contributed by atoms with Crippen LogP contribution >= 0.6 is 23.2 Å². The minimum atomic E-state index is 0.414. The van der Waals surface area contributed by atoms with E-state index in [-0.39, 0.29) is 0 Å². The molecule has 1 aliphatic carbocycles. The van der Waals surface area contributed by atoms with Crippen LogP contribution in [0.5, 0.6) is 0 Å². The van der Waals surface area contributed by atoms with E-state index in [4.69, 9.17) is 23.2 Å². The first-order valence-corrected chi connectivity index (χ1v) is 7.70. The van der Waals surface area contributed by atoms with Gasteiger partial charge in [0.2, 0.25) is 0 Å². The van der Waals surface area contributed by atoms with Gasteiger partial charge >= 0.3 is 0 Å². The van der Waals surface area contributed by atoms with Crippen LogP contribution in [0.4, 0.5) is 0 Å². The van der Waals surface area contributed by atoms with Gasteiger partial charge < -0.3 is 0 Å². The molecule has 1 aliphatic rings. The van der Waals surface area contributed by atoms with Crippen molar-refractivity contribution < 1.29 is 0 Å². The van der Waals surface area contributed by atoms with Gasteiger partial charge in [-0.2, -0.15) is 0 Å². The molecule has 0 N–H and O–H groups in total. The lowest BCUT2D eigenvalue weighted by Gasteiger charge is -2.12. The van der Waals surface area contributed by atoms with E-state index >= 15 is 0 Å². The van der Waals surface area contributed by atoms with Gasteiger partial charge in [0, 0.05) is 5.92 Å². The fourth-order valence-electron chi connectivity index (χ4n) is 2.75. The van der Waals surface area contributed by atoms with Crippen molar-refractivity contribution in [2.75, 3.05) is 0 Å². The summed E-state index contributed by atoms with van der Waals surface area (Å²) < 4.78 is 0. The van der Waals surface area contributed by atoms with E-state index in [1.165, 1.54) is 18.4 Å². The Morgan fingerprint density at radius 1 is 0.950 bits per heavy atom. The molecule has 0 aliphatic heterocycles. The van der Waals surface area contributed by atoms with E-state index in [2.05, 4.69) is 9.97 Å². The predicted molar refractivity (Wildman–Crippen MR) is 83.4 cm³/mol. The summed E-state index contributed by atoms with van der Waals surface area (Å²) in [6.07, 6.45) is 4.75. The van der Waals surface area contributed by atoms with Crippen LogP contribution in [0.3, 0.4) is 0 Å². The molecule has 3 rings (SSSR count). The van der Waals surface area contributed by atoms with Crippen molar-refractivity contribution in [1.82, 2.24) is 9.97 Å². The van der Waals surface area contributed by atoms with Gasteiger partial charge in [-0.1, -0.05) is 65.9 Å². The molecule has 0 saturated heterocycles. The van der Waals surface area contributed by atoms with Gasteiger partial charge in [-0.25, -0.2) is 9.97 Å². The highest BCUT2D eigenvalue weighted by atomic mass is 35.5. The molecule has 0 bridgehead atoms. The molecule has 1 aromatic heterocycles. The van der Waals surface area contributed by atoms with Crippen molar-refractivity contribution in [3.05, 3.63) is 46.0 Å². The molecule has 4 heteroatoms. The fourth-order valence-corrected chi connectivity index (χ4v) is 3.37. The number of aryl methyl sites for hydroxylation is 1. The number of aromatic nitrogens is 2. The van der Waals surface area contributed by atoms with Crippen LogP contribution in [-0.4, -0.2) is 9.97 Å². The molecule has 0 amide bonds. The van der Waals surface area contributed by atoms with Gasteiger partial charge in [0.1, 0.15) is 16.1 Å². The van der Waals surface area contributed by atoms with Gasteiger partial charge in [-0.05, 0) is 25.3 Å². The summed E-state index contributed by atoms with van der Waals surface area (Å²) in [6, 6.07) is 8.07. The molecule has 2 nitrogen and oxygen atoms in total. The molecule has 104 valence electrons. The van der Waals surface area contributed by atoms with E-state index in [1.807, 2.05) is 31.2 Å². The molecule has 1 fully saturated rings. The van der Waals surface area contributed by atoms with Gasteiger partial charge in [-0.3, -0.25) is 0 Å². The SMILES string of the molecule is Cc1ccc(-c2c(Cl)nc(C3CCCC3)nc2Cl)cc1. The van der Waals surface area contributed by atoms with Crippen LogP contribution in [0.2, 0.25) is 10.3 Å². The predicted octanol–water partition coefficient (Wildman–Crippen LogP) is 5.42. The number of hydrogen-bond acceptors (Lipinski definition) is 2. The molecule has 1 heterocycles. The van der Waals surface area contributed by atoms with Crippen molar-refractivity contribution in [3.8, 4) is 11.1 Å². The Balaban J connectivity index is 2.02. The van der Waals surface area contributed by atoms with Crippen molar-refractivity contribution in [3.63, 3.8) is 0 Å². The molecule has 0 spiro atoms. The van der Waals surface area contributed by atoms with Crippen LogP contribution in [0.25, 0.3) is 11.1 Å². The average Bonchev–Trinajstić information content (AvgIpc) is 2.94. The van der Waals surface area contributed by atoms with E-state index in [0.29, 0.717) is 16.2 Å². The number of hydrogen-bond donors (Lipinski definition) is 0. The van der Waals surface area contributed by atoms with E-state index in [9.17, 15) is 0 Å². The Labute approximate surface area is 129 Å². The molecule has 2 aromatic rings. The molecule has 0 unspecified atom stereocenters. The normalized spacial score (nSPS) is 15.8. The zero-order valence-electron chi connectivity index (χ0n) is 11.4. The third-order valence-corrected chi connectivity index (χ3v) is 4.45. The first kappa shape index (κ1) is 13.8. The van der Waals surface area contributed by atoms with Crippen LogP contribution < -0.4 is 0 Å². The molecule has 20 heavy (non-hydrogen) atoms. The van der Waals surface area contributed by atoms with E-state index in [0.717, 1.165) is 29.8 Å². The highest BCUT2D eigenvalue weighted by Gasteiger charge is 2.22. The second kappa shape index (κ2) is 5.71. The summed E-state index contributed by atoms with van der Waals surface area (Å²) >= 11 is 12.7. The Bertz CT molecular complexity index is 594. The maximum atomic E-state index is 6.35. The topological polar surface area (TPSA) is 25.8 Å². The number of halogens is 2.